The minimum absolute atomic E-state index is 0.00628. The molecule has 34 heavy (non-hydrogen) atoms. The van der Waals surface area contributed by atoms with Crippen molar-refractivity contribution in [2.75, 3.05) is 34.3 Å². The average molecular weight is 568 g/mol. The fraction of sp³-hybridized carbons (Fsp3) is 0.136. The third-order valence-electron chi connectivity index (χ3n) is 4.57. The van der Waals surface area contributed by atoms with Gasteiger partial charge >= 0.3 is 0 Å². The van der Waals surface area contributed by atoms with Crippen molar-refractivity contribution in [3.63, 3.8) is 0 Å². The van der Waals surface area contributed by atoms with Crippen LogP contribution in [0.2, 0.25) is 0 Å². The average Bonchev–Trinajstić information content (AvgIpc) is 2.77. The standard InChI is InChI=1S/C22H22BrN3O6S2/c1-32-20-10-6-18(7-11-20)25-34(30,31)21-12-8-17(9-13-21)24-22(27)15-26(33(2,28)29)19-5-3-4-16(23)14-19/h3-14,25H,15H2,1-2H3,(H,24,27). The smallest absolute Gasteiger partial charge is 0.261 e. The van der Waals surface area contributed by atoms with Crippen LogP contribution in [0.5, 0.6) is 5.75 Å². The topological polar surface area (TPSA) is 122 Å². The Morgan fingerprint density at radius 3 is 2.12 bits per heavy atom. The number of anilines is 3. The van der Waals surface area contributed by atoms with Gasteiger partial charge in [0, 0.05) is 15.8 Å². The van der Waals surface area contributed by atoms with Crippen molar-refractivity contribution in [1.29, 1.82) is 0 Å². The molecule has 0 unspecified atom stereocenters. The normalized spacial score (nSPS) is 11.5. The van der Waals surface area contributed by atoms with Crippen LogP contribution in [0.25, 0.3) is 0 Å². The van der Waals surface area contributed by atoms with Crippen molar-refractivity contribution in [2.24, 2.45) is 0 Å². The van der Waals surface area contributed by atoms with E-state index in [2.05, 4.69) is 26.0 Å². The molecule has 0 aliphatic carbocycles. The molecule has 2 N–H and O–H groups in total. The highest BCUT2D eigenvalue weighted by molar-refractivity contribution is 9.10. The summed E-state index contributed by atoms with van der Waals surface area (Å²) in [6, 6.07) is 18.5. The van der Waals surface area contributed by atoms with E-state index in [1.54, 1.807) is 48.5 Å². The first-order valence-electron chi connectivity index (χ1n) is 9.78. The summed E-state index contributed by atoms with van der Waals surface area (Å²) in [5, 5.41) is 2.58. The van der Waals surface area contributed by atoms with Crippen LogP contribution in [0.15, 0.2) is 82.2 Å². The third kappa shape index (κ3) is 6.72. The van der Waals surface area contributed by atoms with Crippen molar-refractivity contribution >= 4 is 58.9 Å². The minimum Gasteiger partial charge on any atom is -0.497 e. The Balaban J connectivity index is 1.69. The van der Waals surface area contributed by atoms with Crippen molar-refractivity contribution < 1.29 is 26.4 Å². The number of rotatable bonds is 9. The molecule has 3 aromatic rings. The van der Waals surface area contributed by atoms with E-state index < -0.39 is 32.5 Å². The SMILES string of the molecule is COc1ccc(NS(=O)(=O)c2ccc(NC(=O)CN(c3cccc(Br)c3)S(C)(=O)=O)cc2)cc1. The number of methoxy groups -OCH3 is 1. The van der Waals surface area contributed by atoms with Gasteiger partial charge in [-0.25, -0.2) is 16.8 Å². The first-order chi connectivity index (χ1) is 16.0. The van der Waals surface area contributed by atoms with Crippen LogP contribution in [-0.4, -0.2) is 42.7 Å². The van der Waals surface area contributed by atoms with E-state index in [4.69, 9.17) is 4.74 Å². The van der Waals surface area contributed by atoms with Crippen molar-refractivity contribution in [3.8, 4) is 5.75 Å². The van der Waals surface area contributed by atoms with E-state index in [9.17, 15) is 21.6 Å². The second-order valence-electron chi connectivity index (χ2n) is 7.16. The molecule has 0 atom stereocenters. The number of hydrogen-bond acceptors (Lipinski definition) is 6. The molecule has 12 heteroatoms. The fourth-order valence-corrected chi connectivity index (χ4v) is 5.25. The van der Waals surface area contributed by atoms with Crippen LogP contribution < -0.4 is 19.1 Å². The summed E-state index contributed by atoms with van der Waals surface area (Å²) in [6.45, 7) is -0.450. The summed E-state index contributed by atoms with van der Waals surface area (Å²) < 4.78 is 58.8. The molecule has 0 bridgehead atoms. The van der Waals surface area contributed by atoms with Crippen LogP contribution in [0.1, 0.15) is 0 Å². The first kappa shape index (κ1) is 25.5. The molecular formula is C22H22BrN3O6S2. The molecule has 0 heterocycles. The molecule has 0 aliphatic heterocycles. The molecule has 0 aliphatic rings. The number of amides is 1. The first-order valence-corrected chi connectivity index (χ1v) is 13.9. The van der Waals surface area contributed by atoms with Crippen molar-refractivity contribution in [2.45, 2.75) is 4.90 Å². The van der Waals surface area contributed by atoms with Gasteiger partial charge in [0.05, 0.1) is 23.9 Å². The molecule has 0 saturated heterocycles. The van der Waals surface area contributed by atoms with Crippen molar-refractivity contribution in [3.05, 3.63) is 77.3 Å². The second kappa shape index (κ2) is 10.5. The number of halogens is 1. The van der Waals surface area contributed by atoms with Gasteiger partial charge in [-0.15, -0.1) is 0 Å². The summed E-state index contributed by atoms with van der Waals surface area (Å²) in [4.78, 5) is 12.5. The second-order valence-corrected chi connectivity index (χ2v) is 11.7. The molecule has 3 rings (SSSR count). The summed E-state index contributed by atoms with van der Waals surface area (Å²) in [5.41, 5.74) is 1.01. The number of sulfonamides is 2. The number of benzene rings is 3. The third-order valence-corrected chi connectivity index (χ3v) is 7.61. The molecule has 180 valence electrons. The van der Waals surface area contributed by atoms with E-state index in [0.717, 1.165) is 10.6 Å². The van der Waals surface area contributed by atoms with Gasteiger partial charge < -0.3 is 10.1 Å². The highest BCUT2D eigenvalue weighted by Crippen LogP contribution is 2.23. The van der Waals surface area contributed by atoms with E-state index in [1.165, 1.54) is 31.4 Å². The highest BCUT2D eigenvalue weighted by Gasteiger charge is 2.21. The lowest BCUT2D eigenvalue weighted by atomic mass is 10.3. The molecule has 9 nitrogen and oxygen atoms in total. The predicted octanol–water partition coefficient (Wildman–Crippen LogP) is 3.66. The zero-order valence-corrected chi connectivity index (χ0v) is 21.4. The summed E-state index contributed by atoms with van der Waals surface area (Å²) in [7, 11) is -6.07. The molecule has 1 amide bonds. The predicted molar refractivity (Wildman–Crippen MR) is 135 cm³/mol. The number of nitrogens with one attached hydrogen (secondary N) is 2. The van der Waals surface area contributed by atoms with Gasteiger partial charge in [0.1, 0.15) is 12.3 Å². The summed E-state index contributed by atoms with van der Waals surface area (Å²) >= 11 is 3.29. The number of carbonyl (C=O) groups is 1. The Hall–Kier alpha value is -3.09. The highest BCUT2D eigenvalue weighted by atomic mass is 79.9. The monoisotopic (exact) mass is 567 g/mol. The molecule has 0 saturated carbocycles. The quantitative estimate of drug-likeness (QED) is 0.407. The molecule has 3 aromatic carbocycles. The van der Waals surface area contributed by atoms with Crippen LogP contribution in [0.4, 0.5) is 17.1 Å². The number of carbonyl (C=O) groups excluding carboxylic acids is 1. The maximum Gasteiger partial charge on any atom is 0.261 e. The largest absolute Gasteiger partial charge is 0.497 e. The molecule has 0 spiro atoms. The van der Waals surface area contributed by atoms with E-state index in [1.807, 2.05) is 0 Å². The van der Waals surface area contributed by atoms with Gasteiger partial charge in [0.15, 0.2) is 0 Å². The van der Waals surface area contributed by atoms with Gasteiger partial charge in [-0.05, 0) is 66.7 Å². The van der Waals surface area contributed by atoms with Crippen LogP contribution in [0, 0.1) is 0 Å². The number of ether oxygens (including phenoxy) is 1. The summed E-state index contributed by atoms with van der Waals surface area (Å²) in [5.74, 6) is 0.00902. The van der Waals surface area contributed by atoms with Gasteiger partial charge in [-0.1, -0.05) is 22.0 Å². The van der Waals surface area contributed by atoms with Crippen LogP contribution in [0.3, 0.4) is 0 Å². The van der Waals surface area contributed by atoms with Gasteiger partial charge in [0.25, 0.3) is 10.0 Å². The van der Waals surface area contributed by atoms with Crippen LogP contribution >= 0.6 is 15.9 Å². The lowest BCUT2D eigenvalue weighted by Gasteiger charge is -2.22. The van der Waals surface area contributed by atoms with E-state index >= 15 is 0 Å². The Kier molecular flexibility index (Phi) is 7.85. The minimum atomic E-state index is -3.85. The molecule has 0 fully saturated rings. The zero-order chi connectivity index (χ0) is 24.9. The van der Waals surface area contributed by atoms with E-state index in [0.29, 0.717) is 27.3 Å². The number of nitrogens with zero attached hydrogens (tertiary/aromatic N) is 1. The molecule has 0 radical (unpaired) electrons. The Morgan fingerprint density at radius 1 is 0.941 bits per heavy atom. The maximum atomic E-state index is 12.6. The Morgan fingerprint density at radius 2 is 1.56 bits per heavy atom. The van der Waals surface area contributed by atoms with Crippen molar-refractivity contribution in [1.82, 2.24) is 0 Å². The lowest BCUT2D eigenvalue weighted by molar-refractivity contribution is -0.114. The molecular weight excluding hydrogens is 546 g/mol. The van der Waals surface area contributed by atoms with Gasteiger partial charge in [-0.2, -0.15) is 0 Å². The van der Waals surface area contributed by atoms with Crippen LogP contribution in [-0.2, 0) is 24.8 Å². The summed E-state index contributed by atoms with van der Waals surface area (Å²) in [6.07, 6.45) is 1.01. The number of hydrogen-bond donors (Lipinski definition) is 2. The Bertz CT molecular complexity index is 1380. The maximum absolute atomic E-state index is 12.6. The van der Waals surface area contributed by atoms with E-state index in [-0.39, 0.29) is 4.90 Å². The Labute approximate surface area is 207 Å². The van der Waals surface area contributed by atoms with Gasteiger partial charge in [-0.3, -0.25) is 13.8 Å². The zero-order valence-electron chi connectivity index (χ0n) is 18.2. The molecule has 0 aromatic heterocycles. The lowest BCUT2D eigenvalue weighted by Crippen LogP contribution is -2.37. The van der Waals surface area contributed by atoms with Gasteiger partial charge in [0.2, 0.25) is 15.9 Å². The fourth-order valence-electron chi connectivity index (χ4n) is 2.95.